The molecule has 0 unspecified atom stereocenters. The molecule has 5 aliphatic rings. The van der Waals surface area contributed by atoms with Crippen LogP contribution in [0, 0.1) is 61.6 Å². The normalized spacial score (nSPS) is 45.6. The highest BCUT2D eigenvalue weighted by molar-refractivity contribution is 6.04. The number of hydrogen-bond acceptors (Lipinski definition) is 5. The van der Waals surface area contributed by atoms with E-state index in [9.17, 15) is 19.6 Å². The minimum absolute atomic E-state index is 0.0308. The van der Waals surface area contributed by atoms with Crippen LogP contribution in [0.3, 0.4) is 0 Å². The van der Waals surface area contributed by atoms with Crippen LogP contribution >= 0.6 is 0 Å². The van der Waals surface area contributed by atoms with Crippen molar-refractivity contribution in [1.82, 2.24) is 0 Å². The third-order valence-electron chi connectivity index (χ3n) is 12.5. The number of carbonyl (C=O) groups excluding carboxylic acids is 3. The van der Waals surface area contributed by atoms with Gasteiger partial charge in [-0.1, -0.05) is 60.1 Å². The van der Waals surface area contributed by atoms with Gasteiger partial charge in [-0.15, -0.1) is 0 Å². The first-order valence-electron chi connectivity index (χ1n) is 14.1. The number of ketones is 2. The van der Waals surface area contributed by atoms with Gasteiger partial charge in [0.25, 0.3) is 0 Å². The number of methoxy groups -OCH3 is 1. The number of Topliss-reactive ketones (excluding diaryl/α,β-unsaturated/α-hetero) is 1. The lowest BCUT2D eigenvalue weighted by Gasteiger charge is -2.68. The molecule has 0 aromatic rings. The molecule has 0 N–H and O–H groups in total. The minimum Gasteiger partial charge on any atom is -0.469 e. The van der Waals surface area contributed by atoms with E-state index in [1.165, 1.54) is 7.11 Å². The topological polar surface area (TPSA) is 84.2 Å². The van der Waals surface area contributed by atoms with Crippen molar-refractivity contribution >= 4 is 17.5 Å². The van der Waals surface area contributed by atoms with Gasteiger partial charge in [0.05, 0.1) is 18.1 Å². The van der Waals surface area contributed by atoms with Crippen molar-refractivity contribution in [3.63, 3.8) is 0 Å². The van der Waals surface area contributed by atoms with Gasteiger partial charge in [0.15, 0.2) is 11.6 Å². The Morgan fingerprint density at radius 2 is 1.65 bits per heavy atom. The first-order chi connectivity index (χ1) is 17.0. The molecule has 0 aromatic carbocycles. The van der Waals surface area contributed by atoms with Crippen molar-refractivity contribution in [2.24, 2.45) is 50.2 Å². The molecule has 7 atom stereocenters. The quantitative estimate of drug-likeness (QED) is 0.386. The molecule has 0 heterocycles. The van der Waals surface area contributed by atoms with Gasteiger partial charge in [-0.2, -0.15) is 5.26 Å². The summed E-state index contributed by atoms with van der Waals surface area (Å²) in [5, 5.41) is 9.86. The number of allylic oxidation sites excluding steroid dienone is 4. The lowest BCUT2D eigenvalue weighted by atomic mass is 9.34. The minimum atomic E-state index is -0.669. The summed E-state index contributed by atoms with van der Waals surface area (Å²) < 4.78 is 5.41. The van der Waals surface area contributed by atoms with Gasteiger partial charge >= 0.3 is 5.97 Å². The fourth-order valence-electron chi connectivity index (χ4n) is 10.2. The number of carbonyl (C=O) groups is 3. The van der Waals surface area contributed by atoms with Crippen molar-refractivity contribution < 1.29 is 19.1 Å². The van der Waals surface area contributed by atoms with E-state index in [1.54, 1.807) is 0 Å². The monoisotopic (exact) mass is 505 g/mol. The van der Waals surface area contributed by atoms with Gasteiger partial charge in [0, 0.05) is 16.7 Å². The summed E-state index contributed by atoms with van der Waals surface area (Å²) in [6.45, 7) is 15.2. The third-order valence-corrected chi connectivity index (χ3v) is 12.5. The summed E-state index contributed by atoms with van der Waals surface area (Å²) in [6, 6.07) is 2.17. The summed E-state index contributed by atoms with van der Waals surface area (Å²) in [7, 11) is 1.48. The highest BCUT2D eigenvalue weighted by Gasteiger charge is 2.71. The highest BCUT2D eigenvalue weighted by Crippen LogP contribution is 2.74. The maximum absolute atomic E-state index is 14.4. The van der Waals surface area contributed by atoms with Crippen molar-refractivity contribution in [3.05, 3.63) is 23.3 Å². The lowest BCUT2D eigenvalue weighted by Crippen LogP contribution is -2.65. The first-order valence-corrected chi connectivity index (χ1v) is 14.1. The number of hydrogen-bond donors (Lipinski definition) is 0. The SMILES string of the molecule is COC(=O)[C@]12CCC(C)(C)C[C@H]1[C@@H]1C(=O)C=C3[C@@]4(C)C=C(C#N)C(=O)C(C)(C)[C@@H]4CC[C@@]3(C)[C@]1(C)CC2. The van der Waals surface area contributed by atoms with Gasteiger partial charge in [-0.05, 0) is 79.1 Å². The van der Waals surface area contributed by atoms with E-state index in [4.69, 9.17) is 4.74 Å². The van der Waals surface area contributed by atoms with E-state index in [0.29, 0.717) is 0 Å². The molecular weight excluding hydrogens is 462 g/mol. The molecule has 37 heavy (non-hydrogen) atoms. The fraction of sp³-hybridized carbons (Fsp3) is 0.750. The van der Waals surface area contributed by atoms with Crippen LogP contribution in [0.4, 0.5) is 0 Å². The average Bonchev–Trinajstić information content (AvgIpc) is 2.82. The Balaban J connectivity index is 1.71. The zero-order chi connectivity index (χ0) is 27.4. The maximum Gasteiger partial charge on any atom is 0.312 e. The van der Waals surface area contributed by atoms with E-state index in [-0.39, 0.29) is 57.1 Å². The molecule has 0 amide bonds. The zero-order valence-corrected chi connectivity index (χ0v) is 23.9. The lowest BCUT2D eigenvalue weighted by molar-refractivity contribution is -0.191. The molecule has 5 aliphatic carbocycles. The Morgan fingerprint density at radius 1 is 1.00 bits per heavy atom. The smallest absolute Gasteiger partial charge is 0.312 e. The molecular formula is C32H43NO4. The standard InChI is InChI=1S/C32H43NO4/c1-27(2)11-13-32(26(36)37-8)14-12-31(7)24(20(32)17-27)21(34)15-23-29(5)16-19(18-33)25(35)28(3,4)22(29)9-10-30(23,31)6/h15-16,20,22,24H,9-14,17H2,1-8H3/t20-,22-,24+,29-,30+,31+,32-/m0/s1. The molecule has 0 saturated heterocycles. The maximum atomic E-state index is 14.4. The van der Waals surface area contributed by atoms with Crippen LogP contribution in [0.5, 0.6) is 0 Å². The first kappa shape index (κ1) is 26.4. The van der Waals surface area contributed by atoms with Gasteiger partial charge in [-0.3, -0.25) is 14.4 Å². The van der Waals surface area contributed by atoms with Gasteiger partial charge in [0.1, 0.15) is 6.07 Å². The molecule has 0 aromatic heterocycles. The number of esters is 1. The molecule has 0 radical (unpaired) electrons. The molecule has 5 heteroatoms. The van der Waals surface area contributed by atoms with Crippen LogP contribution < -0.4 is 0 Å². The van der Waals surface area contributed by atoms with E-state index in [2.05, 4.69) is 40.7 Å². The fourth-order valence-corrected chi connectivity index (χ4v) is 10.2. The summed E-state index contributed by atoms with van der Waals surface area (Å²) in [4.78, 5) is 40.9. The molecule has 5 nitrogen and oxygen atoms in total. The zero-order valence-electron chi connectivity index (χ0n) is 23.9. The molecule has 0 bridgehead atoms. The van der Waals surface area contributed by atoms with Gasteiger partial charge in [0.2, 0.25) is 0 Å². The van der Waals surface area contributed by atoms with E-state index in [0.717, 1.165) is 50.5 Å². The second-order valence-electron chi connectivity index (χ2n) is 14.9. The predicted octanol–water partition coefficient (Wildman–Crippen LogP) is 6.38. The van der Waals surface area contributed by atoms with E-state index < -0.39 is 16.2 Å². The van der Waals surface area contributed by atoms with Gasteiger partial charge < -0.3 is 4.74 Å². The summed E-state index contributed by atoms with van der Waals surface area (Å²) >= 11 is 0. The number of fused-ring (bicyclic) bond motifs is 7. The Bertz CT molecular complexity index is 1200. The second kappa shape index (κ2) is 7.67. The number of rotatable bonds is 1. The molecule has 3 saturated carbocycles. The van der Waals surface area contributed by atoms with Crippen LogP contribution in [0.2, 0.25) is 0 Å². The number of nitrogens with zero attached hydrogens (tertiary/aromatic N) is 1. The van der Waals surface area contributed by atoms with Crippen molar-refractivity contribution in [2.45, 2.75) is 93.4 Å². The van der Waals surface area contributed by atoms with Crippen LogP contribution in [0.1, 0.15) is 93.4 Å². The summed E-state index contributed by atoms with van der Waals surface area (Å²) in [6.07, 6.45) is 9.65. The van der Waals surface area contributed by atoms with Crippen molar-refractivity contribution in [1.29, 1.82) is 5.26 Å². The van der Waals surface area contributed by atoms with Crippen LogP contribution in [-0.4, -0.2) is 24.6 Å². The molecule has 5 rings (SSSR count). The van der Waals surface area contributed by atoms with Crippen molar-refractivity contribution in [2.75, 3.05) is 7.11 Å². The Labute approximate surface area is 222 Å². The van der Waals surface area contributed by atoms with Gasteiger partial charge in [-0.25, -0.2) is 0 Å². The molecule has 0 spiro atoms. The van der Waals surface area contributed by atoms with Crippen molar-refractivity contribution in [3.8, 4) is 6.07 Å². The highest BCUT2D eigenvalue weighted by atomic mass is 16.5. The van der Waals surface area contributed by atoms with Crippen LogP contribution in [-0.2, 0) is 19.1 Å². The predicted molar refractivity (Wildman–Crippen MR) is 141 cm³/mol. The van der Waals surface area contributed by atoms with E-state index >= 15 is 0 Å². The molecule has 0 aliphatic heterocycles. The van der Waals surface area contributed by atoms with E-state index in [1.807, 2.05) is 26.0 Å². The third kappa shape index (κ3) is 3.11. The second-order valence-corrected chi connectivity index (χ2v) is 14.9. The number of ether oxygens (including phenoxy) is 1. The van der Waals surface area contributed by atoms with Crippen LogP contribution in [0.25, 0.3) is 0 Å². The molecule has 200 valence electrons. The number of nitriles is 1. The summed E-state index contributed by atoms with van der Waals surface area (Å²) in [5.41, 5.74) is -1.02. The molecule has 3 fully saturated rings. The Morgan fingerprint density at radius 3 is 2.27 bits per heavy atom. The Kier molecular flexibility index (Phi) is 5.47. The summed E-state index contributed by atoms with van der Waals surface area (Å²) in [5.74, 6) is -0.376. The Hall–Kier alpha value is -2.22. The van der Waals surface area contributed by atoms with Crippen LogP contribution in [0.15, 0.2) is 23.3 Å². The average molecular weight is 506 g/mol. The largest absolute Gasteiger partial charge is 0.469 e.